The molecule has 0 saturated heterocycles. The van der Waals surface area contributed by atoms with Crippen LogP contribution in [0.3, 0.4) is 0 Å². The molecule has 4 heteroatoms. The van der Waals surface area contributed by atoms with Crippen molar-refractivity contribution in [2.24, 2.45) is 5.92 Å². The highest BCUT2D eigenvalue weighted by Gasteiger charge is 2.27. The summed E-state index contributed by atoms with van der Waals surface area (Å²) in [5.74, 6) is -0.0625. The van der Waals surface area contributed by atoms with Crippen LogP contribution in [0.5, 0.6) is 0 Å². The molecular formula is C5H9Cl3O. The van der Waals surface area contributed by atoms with E-state index in [1.165, 1.54) is 0 Å². The first kappa shape index (κ1) is 9.83. The standard InChI is InChI=1S/C5H9Cl3O/c1-4(3-9-2)5(6,7)8/h4H,3H2,1-2H3. The van der Waals surface area contributed by atoms with Crippen LogP contribution in [0.4, 0.5) is 0 Å². The second-order valence-corrected chi connectivity index (χ2v) is 4.27. The minimum Gasteiger partial charge on any atom is -0.384 e. The average Bonchev–Trinajstić information content (AvgIpc) is 1.64. The van der Waals surface area contributed by atoms with Gasteiger partial charge >= 0.3 is 0 Å². The van der Waals surface area contributed by atoms with Gasteiger partial charge in [-0.05, 0) is 0 Å². The molecule has 0 bridgehead atoms. The van der Waals surface area contributed by atoms with E-state index < -0.39 is 3.79 Å². The van der Waals surface area contributed by atoms with Crippen molar-refractivity contribution in [1.29, 1.82) is 0 Å². The highest BCUT2D eigenvalue weighted by atomic mass is 35.6. The van der Waals surface area contributed by atoms with Crippen LogP contribution in [0.15, 0.2) is 0 Å². The van der Waals surface area contributed by atoms with Gasteiger partial charge in [-0.1, -0.05) is 41.7 Å². The fourth-order valence-corrected chi connectivity index (χ4v) is 0.533. The van der Waals surface area contributed by atoms with Gasteiger partial charge in [-0.3, -0.25) is 0 Å². The van der Waals surface area contributed by atoms with Gasteiger partial charge in [-0.15, -0.1) is 0 Å². The number of ether oxygens (including phenoxy) is 1. The van der Waals surface area contributed by atoms with Gasteiger partial charge in [-0.25, -0.2) is 0 Å². The number of methoxy groups -OCH3 is 1. The van der Waals surface area contributed by atoms with Gasteiger partial charge in [0.1, 0.15) is 0 Å². The number of alkyl halides is 3. The van der Waals surface area contributed by atoms with E-state index in [-0.39, 0.29) is 5.92 Å². The maximum atomic E-state index is 5.51. The average molecular weight is 191 g/mol. The zero-order chi connectivity index (χ0) is 7.49. The Morgan fingerprint density at radius 3 is 2.00 bits per heavy atom. The van der Waals surface area contributed by atoms with Gasteiger partial charge in [0, 0.05) is 13.0 Å². The summed E-state index contributed by atoms with van der Waals surface area (Å²) >= 11 is 16.5. The largest absolute Gasteiger partial charge is 0.384 e. The van der Waals surface area contributed by atoms with Gasteiger partial charge in [0.15, 0.2) is 3.79 Å². The summed E-state index contributed by atoms with van der Waals surface area (Å²) in [6.07, 6.45) is 0. The highest BCUT2D eigenvalue weighted by Crippen LogP contribution is 2.34. The molecule has 0 aromatic carbocycles. The van der Waals surface area contributed by atoms with Crippen molar-refractivity contribution in [3.8, 4) is 0 Å². The summed E-state index contributed by atoms with van der Waals surface area (Å²) in [6, 6.07) is 0. The van der Waals surface area contributed by atoms with Gasteiger partial charge in [0.05, 0.1) is 6.61 Å². The van der Waals surface area contributed by atoms with Crippen LogP contribution in [0, 0.1) is 5.92 Å². The molecule has 0 amide bonds. The lowest BCUT2D eigenvalue weighted by Crippen LogP contribution is -2.20. The molecule has 56 valence electrons. The molecule has 0 radical (unpaired) electrons. The van der Waals surface area contributed by atoms with Gasteiger partial charge in [-0.2, -0.15) is 0 Å². The molecule has 0 spiro atoms. The van der Waals surface area contributed by atoms with E-state index >= 15 is 0 Å². The predicted molar refractivity (Wildman–Crippen MR) is 41.3 cm³/mol. The van der Waals surface area contributed by atoms with Gasteiger partial charge in [0.2, 0.25) is 0 Å². The Hall–Kier alpha value is 0.830. The fraction of sp³-hybridized carbons (Fsp3) is 1.00. The number of hydrogen-bond donors (Lipinski definition) is 0. The quantitative estimate of drug-likeness (QED) is 0.610. The van der Waals surface area contributed by atoms with Gasteiger partial charge < -0.3 is 4.74 Å². The van der Waals surface area contributed by atoms with Crippen molar-refractivity contribution >= 4 is 34.8 Å². The topological polar surface area (TPSA) is 9.23 Å². The van der Waals surface area contributed by atoms with Crippen LogP contribution in [0.1, 0.15) is 6.92 Å². The maximum absolute atomic E-state index is 5.51. The number of hydrogen-bond acceptors (Lipinski definition) is 1. The second-order valence-electron chi connectivity index (χ2n) is 1.90. The Kier molecular flexibility index (Phi) is 4.22. The Morgan fingerprint density at radius 2 is 1.89 bits per heavy atom. The first-order chi connectivity index (χ1) is 3.98. The Bertz CT molecular complexity index is 78.8. The zero-order valence-electron chi connectivity index (χ0n) is 5.33. The normalized spacial score (nSPS) is 15.7. The second kappa shape index (κ2) is 3.87. The molecule has 0 fully saturated rings. The molecule has 0 heterocycles. The molecule has 0 aromatic heterocycles. The maximum Gasteiger partial charge on any atom is 0.195 e. The minimum atomic E-state index is -1.20. The minimum absolute atomic E-state index is 0.0625. The molecule has 0 rings (SSSR count). The van der Waals surface area contributed by atoms with Crippen LogP contribution in [-0.2, 0) is 4.74 Å². The third kappa shape index (κ3) is 4.26. The van der Waals surface area contributed by atoms with E-state index in [1.54, 1.807) is 7.11 Å². The predicted octanol–water partition coefficient (Wildman–Crippen LogP) is 2.64. The Labute approximate surface area is 70.2 Å². The lowest BCUT2D eigenvalue weighted by Gasteiger charge is -2.18. The lowest BCUT2D eigenvalue weighted by molar-refractivity contribution is 0.161. The summed E-state index contributed by atoms with van der Waals surface area (Å²) in [5.41, 5.74) is 0. The van der Waals surface area contributed by atoms with E-state index in [1.807, 2.05) is 6.92 Å². The molecule has 0 aromatic rings. The van der Waals surface area contributed by atoms with Crippen molar-refractivity contribution in [3.63, 3.8) is 0 Å². The number of halogens is 3. The Balaban J connectivity index is 3.59. The van der Waals surface area contributed by atoms with Crippen molar-refractivity contribution in [3.05, 3.63) is 0 Å². The lowest BCUT2D eigenvalue weighted by atomic mass is 10.2. The molecule has 9 heavy (non-hydrogen) atoms. The highest BCUT2D eigenvalue weighted by molar-refractivity contribution is 6.67. The molecule has 0 N–H and O–H groups in total. The van der Waals surface area contributed by atoms with E-state index in [0.717, 1.165) is 0 Å². The van der Waals surface area contributed by atoms with Crippen LogP contribution >= 0.6 is 34.8 Å². The molecule has 0 aliphatic carbocycles. The first-order valence-electron chi connectivity index (χ1n) is 2.54. The molecule has 0 aliphatic rings. The first-order valence-corrected chi connectivity index (χ1v) is 3.67. The van der Waals surface area contributed by atoms with E-state index in [2.05, 4.69) is 0 Å². The summed E-state index contributed by atoms with van der Waals surface area (Å²) in [6.45, 7) is 2.28. The van der Waals surface area contributed by atoms with Crippen molar-refractivity contribution in [2.75, 3.05) is 13.7 Å². The van der Waals surface area contributed by atoms with Crippen LogP contribution in [-0.4, -0.2) is 17.5 Å². The van der Waals surface area contributed by atoms with E-state index in [0.29, 0.717) is 6.61 Å². The fourth-order valence-electron chi connectivity index (χ4n) is 0.344. The third-order valence-electron chi connectivity index (χ3n) is 0.975. The van der Waals surface area contributed by atoms with E-state index in [4.69, 9.17) is 39.5 Å². The summed E-state index contributed by atoms with van der Waals surface area (Å²) < 4.78 is 3.58. The zero-order valence-corrected chi connectivity index (χ0v) is 7.59. The van der Waals surface area contributed by atoms with Crippen molar-refractivity contribution in [1.82, 2.24) is 0 Å². The third-order valence-corrected chi connectivity index (χ3v) is 2.09. The van der Waals surface area contributed by atoms with Crippen LogP contribution < -0.4 is 0 Å². The van der Waals surface area contributed by atoms with E-state index in [9.17, 15) is 0 Å². The van der Waals surface area contributed by atoms with Gasteiger partial charge in [0.25, 0.3) is 0 Å². The Morgan fingerprint density at radius 1 is 1.44 bits per heavy atom. The van der Waals surface area contributed by atoms with Crippen LogP contribution in [0.25, 0.3) is 0 Å². The SMILES string of the molecule is COCC(C)C(Cl)(Cl)Cl. The van der Waals surface area contributed by atoms with Crippen LogP contribution in [0.2, 0.25) is 0 Å². The summed E-state index contributed by atoms with van der Waals surface area (Å²) in [5, 5.41) is 0. The molecule has 1 unspecified atom stereocenters. The molecule has 1 atom stereocenters. The molecule has 1 nitrogen and oxygen atoms in total. The monoisotopic (exact) mass is 190 g/mol. The smallest absolute Gasteiger partial charge is 0.195 e. The number of rotatable bonds is 2. The molecule has 0 saturated carbocycles. The summed E-state index contributed by atoms with van der Waals surface area (Å²) in [7, 11) is 1.58. The molecular weight excluding hydrogens is 182 g/mol. The summed E-state index contributed by atoms with van der Waals surface area (Å²) in [4.78, 5) is 0. The van der Waals surface area contributed by atoms with Crippen molar-refractivity contribution < 1.29 is 4.74 Å². The van der Waals surface area contributed by atoms with Crippen molar-refractivity contribution in [2.45, 2.75) is 10.7 Å². The molecule has 0 aliphatic heterocycles.